The summed E-state index contributed by atoms with van der Waals surface area (Å²) >= 11 is 3.20. The fourth-order valence-electron chi connectivity index (χ4n) is 2.85. The molecule has 0 aromatic heterocycles. The van der Waals surface area contributed by atoms with E-state index in [0.717, 1.165) is 5.56 Å². The van der Waals surface area contributed by atoms with Gasteiger partial charge in [0.25, 0.3) is 0 Å². The average Bonchev–Trinajstić information content (AvgIpc) is 2.56. The molecule has 2 N–H and O–H groups in total. The molecule has 4 heteroatoms. The number of hydrogen-bond donors (Lipinski definition) is 1. The van der Waals surface area contributed by atoms with Crippen molar-refractivity contribution in [1.29, 1.82) is 0 Å². The molecule has 5 unspecified atom stereocenters. The third kappa shape index (κ3) is 2.46. The number of hydrogen-bond acceptors (Lipinski definition) is 2. The predicted molar refractivity (Wildman–Crippen MR) is 73.7 cm³/mol. The Balaban J connectivity index is 2.25. The number of nitrogens with two attached hydrogens (primary N) is 1. The molecule has 0 bridgehead atoms. The zero-order chi connectivity index (χ0) is 13.4. The fraction of sp³-hybridized carbons (Fsp3) is 0.571. The molecule has 0 aliphatic carbocycles. The molecule has 0 spiro atoms. The lowest BCUT2D eigenvalue weighted by molar-refractivity contribution is 0.0489. The van der Waals surface area contributed by atoms with Crippen LogP contribution in [0, 0.1) is 17.7 Å². The van der Waals surface area contributed by atoms with Crippen LogP contribution in [0.4, 0.5) is 4.39 Å². The Morgan fingerprint density at radius 1 is 1.28 bits per heavy atom. The lowest BCUT2D eigenvalue weighted by Crippen LogP contribution is -2.30. The lowest BCUT2D eigenvalue weighted by atomic mass is 9.81. The Hall–Kier alpha value is -0.450. The standard InChI is InChI=1S/C14H19BrFNO/c1-7-8(2)18-9(3)13(7)14(17)10-4-5-12(16)11(15)6-10/h4-9,13-14H,17H2,1-3H3. The summed E-state index contributed by atoms with van der Waals surface area (Å²) in [5.74, 6) is 0.402. The van der Waals surface area contributed by atoms with Crippen LogP contribution in [0.5, 0.6) is 0 Å². The zero-order valence-electron chi connectivity index (χ0n) is 10.9. The summed E-state index contributed by atoms with van der Waals surface area (Å²) in [5, 5.41) is 0. The van der Waals surface area contributed by atoms with Crippen molar-refractivity contribution < 1.29 is 9.13 Å². The van der Waals surface area contributed by atoms with E-state index in [2.05, 4.69) is 36.7 Å². The SMILES string of the molecule is CC1OC(C)C(C(N)c2ccc(F)c(Br)c2)C1C. The van der Waals surface area contributed by atoms with Crippen LogP contribution in [0.1, 0.15) is 32.4 Å². The molecule has 100 valence electrons. The fourth-order valence-corrected chi connectivity index (χ4v) is 3.25. The van der Waals surface area contributed by atoms with Crippen molar-refractivity contribution in [3.63, 3.8) is 0 Å². The van der Waals surface area contributed by atoms with Gasteiger partial charge < -0.3 is 10.5 Å². The Bertz CT molecular complexity index is 440. The second-order valence-corrected chi connectivity index (χ2v) is 6.04. The molecule has 0 radical (unpaired) electrons. The normalized spacial score (nSPS) is 33.7. The first kappa shape index (κ1) is 14.0. The molecule has 1 aliphatic heterocycles. The maximum atomic E-state index is 13.2. The minimum Gasteiger partial charge on any atom is -0.375 e. The third-order valence-electron chi connectivity index (χ3n) is 4.06. The highest BCUT2D eigenvalue weighted by Gasteiger charge is 2.40. The summed E-state index contributed by atoms with van der Waals surface area (Å²) < 4.78 is 19.5. The minimum absolute atomic E-state index is 0.128. The molecule has 1 aliphatic rings. The molecule has 1 aromatic rings. The van der Waals surface area contributed by atoms with Crippen LogP contribution in [0.15, 0.2) is 22.7 Å². The van der Waals surface area contributed by atoms with Gasteiger partial charge in [0.2, 0.25) is 0 Å². The molecular formula is C14H19BrFNO. The maximum absolute atomic E-state index is 13.2. The van der Waals surface area contributed by atoms with E-state index in [1.165, 1.54) is 6.07 Å². The molecule has 0 saturated carbocycles. The molecule has 1 saturated heterocycles. The van der Waals surface area contributed by atoms with E-state index in [4.69, 9.17) is 10.5 Å². The van der Waals surface area contributed by atoms with Crippen LogP contribution in [-0.4, -0.2) is 12.2 Å². The molecule has 2 nitrogen and oxygen atoms in total. The third-order valence-corrected chi connectivity index (χ3v) is 4.67. The van der Waals surface area contributed by atoms with Crippen LogP contribution in [0.2, 0.25) is 0 Å². The largest absolute Gasteiger partial charge is 0.375 e. The molecule has 2 rings (SSSR count). The zero-order valence-corrected chi connectivity index (χ0v) is 12.4. The quantitative estimate of drug-likeness (QED) is 0.904. The lowest BCUT2D eigenvalue weighted by Gasteiger charge is -2.26. The second-order valence-electron chi connectivity index (χ2n) is 5.18. The first-order valence-electron chi connectivity index (χ1n) is 6.27. The minimum atomic E-state index is -0.261. The van der Waals surface area contributed by atoms with Crippen molar-refractivity contribution in [2.45, 2.75) is 39.0 Å². The second kappa shape index (κ2) is 5.27. The summed E-state index contributed by atoms with van der Waals surface area (Å²) in [4.78, 5) is 0. The highest BCUT2D eigenvalue weighted by molar-refractivity contribution is 9.10. The average molecular weight is 316 g/mol. The van der Waals surface area contributed by atoms with Crippen molar-refractivity contribution in [3.8, 4) is 0 Å². The van der Waals surface area contributed by atoms with E-state index in [1.807, 2.05) is 0 Å². The highest BCUT2D eigenvalue weighted by atomic mass is 79.9. The van der Waals surface area contributed by atoms with Crippen LogP contribution in [0.25, 0.3) is 0 Å². The van der Waals surface area contributed by atoms with Crippen molar-refractivity contribution in [2.24, 2.45) is 17.6 Å². The summed E-state index contributed by atoms with van der Waals surface area (Å²) in [6, 6.07) is 4.85. The van der Waals surface area contributed by atoms with E-state index in [-0.39, 0.29) is 30.0 Å². The number of benzene rings is 1. The summed E-state index contributed by atoms with van der Waals surface area (Å²) in [6.07, 6.45) is 0.355. The van der Waals surface area contributed by atoms with Gasteiger partial charge in [-0.05, 0) is 53.4 Å². The molecule has 18 heavy (non-hydrogen) atoms. The molecule has 5 atom stereocenters. The van der Waals surface area contributed by atoms with Gasteiger partial charge in [0.1, 0.15) is 5.82 Å². The van der Waals surface area contributed by atoms with Crippen molar-refractivity contribution in [3.05, 3.63) is 34.1 Å². The van der Waals surface area contributed by atoms with E-state index in [1.54, 1.807) is 12.1 Å². The van der Waals surface area contributed by atoms with E-state index in [9.17, 15) is 4.39 Å². The van der Waals surface area contributed by atoms with Gasteiger partial charge in [0.05, 0.1) is 16.7 Å². The molecule has 0 amide bonds. The highest BCUT2D eigenvalue weighted by Crippen LogP contribution is 2.39. The van der Waals surface area contributed by atoms with Crippen molar-refractivity contribution >= 4 is 15.9 Å². The van der Waals surface area contributed by atoms with E-state index in [0.29, 0.717) is 10.4 Å². The summed E-state index contributed by atoms with van der Waals surface area (Å²) in [5.41, 5.74) is 7.29. The van der Waals surface area contributed by atoms with Crippen LogP contribution < -0.4 is 5.73 Å². The number of rotatable bonds is 2. The maximum Gasteiger partial charge on any atom is 0.137 e. The Labute approximate surface area is 116 Å². The Kier molecular flexibility index (Phi) is 4.09. The van der Waals surface area contributed by atoms with E-state index >= 15 is 0 Å². The number of ether oxygens (including phenoxy) is 1. The van der Waals surface area contributed by atoms with Crippen molar-refractivity contribution in [2.75, 3.05) is 0 Å². The first-order chi connectivity index (χ1) is 8.41. The van der Waals surface area contributed by atoms with Gasteiger partial charge in [-0.25, -0.2) is 4.39 Å². The molecule has 1 aromatic carbocycles. The summed E-state index contributed by atoms with van der Waals surface area (Å²) in [7, 11) is 0. The smallest absolute Gasteiger partial charge is 0.137 e. The first-order valence-corrected chi connectivity index (χ1v) is 7.07. The Morgan fingerprint density at radius 2 is 1.94 bits per heavy atom. The van der Waals surface area contributed by atoms with Crippen molar-refractivity contribution in [1.82, 2.24) is 0 Å². The number of halogens is 2. The van der Waals surface area contributed by atoms with Gasteiger partial charge in [0.15, 0.2) is 0 Å². The molecule has 1 fully saturated rings. The topological polar surface area (TPSA) is 35.2 Å². The van der Waals surface area contributed by atoms with Gasteiger partial charge in [-0.1, -0.05) is 13.0 Å². The van der Waals surface area contributed by atoms with Gasteiger partial charge in [0, 0.05) is 12.0 Å². The predicted octanol–water partition coefficient (Wildman–Crippen LogP) is 3.65. The summed E-state index contributed by atoms with van der Waals surface area (Å²) in [6.45, 7) is 6.30. The van der Waals surface area contributed by atoms with Crippen LogP contribution in [-0.2, 0) is 4.74 Å². The van der Waals surface area contributed by atoms with Crippen LogP contribution >= 0.6 is 15.9 Å². The van der Waals surface area contributed by atoms with Crippen LogP contribution in [0.3, 0.4) is 0 Å². The van der Waals surface area contributed by atoms with E-state index < -0.39 is 0 Å². The molecule has 1 heterocycles. The van der Waals surface area contributed by atoms with Gasteiger partial charge in [-0.15, -0.1) is 0 Å². The van der Waals surface area contributed by atoms with Gasteiger partial charge in [-0.2, -0.15) is 0 Å². The monoisotopic (exact) mass is 315 g/mol. The molecular weight excluding hydrogens is 297 g/mol. The van der Waals surface area contributed by atoms with Gasteiger partial charge >= 0.3 is 0 Å². The Morgan fingerprint density at radius 3 is 2.44 bits per heavy atom. The van der Waals surface area contributed by atoms with Gasteiger partial charge in [-0.3, -0.25) is 0 Å².